The Morgan fingerprint density at radius 1 is 1.42 bits per heavy atom. The van der Waals surface area contributed by atoms with E-state index in [0.717, 1.165) is 6.42 Å². The molecule has 1 heterocycles. The molecular formula is C18H23N3O4S. The summed E-state index contributed by atoms with van der Waals surface area (Å²) >= 11 is 5.20. The van der Waals surface area contributed by atoms with Crippen molar-refractivity contribution in [3.63, 3.8) is 0 Å². The van der Waals surface area contributed by atoms with Crippen LogP contribution in [0.4, 0.5) is 0 Å². The van der Waals surface area contributed by atoms with Gasteiger partial charge >= 0.3 is 5.97 Å². The maximum absolute atomic E-state index is 12.7. The fourth-order valence-electron chi connectivity index (χ4n) is 2.59. The quantitative estimate of drug-likeness (QED) is 0.535. The molecule has 1 atom stereocenters. The zero-order valence-electron chi connectivity index (χ0n) is 15.2. The molecule has 8 heteroatoms. The molecule has 26 heavy (non-hydrogen) atoms. The van der Waals surface area contributed by atoms with E-state index in [2.05, 4.69) is 28.9 Å². The zero-order valence-corrected chi connectivity index (χ0v) is 16.0. The highest BCUT2D eigenvalue weighted by Crippen LogP contribution is 2.23. The van der Waals surface area contributed by atoms with Crippen molar-refractivity contribution in [2.24, 2.45) is 16.8 Å². The number of nitrogens with one attached hydrogen (secondary N) is 1. The number of aliphatic imine (C=N–C) groups is 1. The summed E-state index contributed by atoms with van der Waals surface area (Å²) in [4.78, 5) is 41.8. The van der Waals surface area contributed by atoms with E-state index >= 15 is 0 Å². The molecule has 1 unspecified atom stereocenters. The number of thiocarbonyl (C=S) groups is 1. The van der Waals surface area contributed by atoms with Gasteiger partial charge in [0.2, 0.25) is 16.9 Å². The van der Waals surface area contributed by atoms with Crippen LogP contribution in [-0.4, -0.2) is 53.7 Å². The molecule has 1 aliphatic heterocycles. The molecule has 1 N–H and O–H groups in total. The van der Waals surface area contributed by atoms with E-state index in [1.165, 1.54) is 18.1 Å². The van der Waals surface area contributed by atoms with Crippen molar-refractivity contribution < 1.29 is 19.1 Å². The van der Waals surface area contributed by atoms with Gasteiger partial charge in [0.1, 0.15) is 0 Å². The third-order valence-corrected chi connectivity index (χ3v) is 4.42. The molecule has 0 aromatic carbocycles. The lowest BCUT2D eigenvalue weighted by molar-refractivity contribution is -0.136. The SMILES string of the molecule is COC(=O)C1=CC2=NC(=S)N(CCC(=O)NCCC(C)C)C(=O)C2C=C1. The molecule has 0 saturated heterocycles. The minimum Gasteiger partial charge on any atom is -0.465 e. The second kappa shape index (κ2) is 8.84. The molecule has 0 spiro atoms. The summed E-state index contributed by atoms with van der Waals surface area (Å²) < 4.78 is 4.67. The number of ether oxygens (including phenoxy) is 1. The average molecular weight is 377 g/mol. The lowest BCUT2D eigenvalue weighted by atomic mass is 9.92. The molecule has 2 rings (SSSR count). The van der Waals surface area contributed by atoms with Crippen LogP contribution in [-0.2, 0) is 19.1 Å². The van der Waals surface area contributed by atoms with Gasteiger partial charge in [0.05, 0.1) is 24.3 Å². The number of fused-ring (bicyclic) bond motifs is 1. The Bertz CT molecular complexity index is 709. The molecule has 7 nitrogen and oxygen atoms in total. The number of methoxy groups -OCH3 is 1. The highest BCUT2D eigenvalue weighted by Gasteiger charge is 2.35. The van der Waals surface area contributed by atoms with Gasteiger partial charge in [0.25, 0.3) is 0 Å². The smallest absolute Gasteiger partial charge is 0.337 e. The third-order valence-electron chi connectivity index (χ3n) is 4.11. The number of rotatable bonds is 7. The lowest BCUT2D eigenvalue weighted by Gasteiger charge is -2.30. The Morgan fingerprint density at radius 2 is 2.15 bits per heavy atom. The average Bonchev–Trinajstić information content (AvgIpc) is 2.60. The summed E-state index contributed by atoms with van der Waals surface area (Å²) in [7, 11) is 1.29. The molecule has 2 aliphatic rings. The first-order valence-corrected chi connectivity index (χ1v) is 8.93. The predicted molar refractivity (Wildman–Crippen MR) is 102 cm³/mol. The molecule has 0 bridgehead atoms. The summed E-state index contributed by atoms with van der Waals surface area (Å²) in [5.74, 6) is -0.949. The van der Waals surface area contributed by atoms with Crippen LogP contribution in [0.5, 0.6) is 0 Å². The number of carbonyl (C=O) groups excluding carboxylic acids is 3. The summed E-state index contributed by atoms with van der Waals surface area (Å²) in [6, 6.07) is 0. The number of hydrogen-bond donors (Lipinski definition) is 1. The van der Waals surface area contributed by atoms with Gasteiger partial charge in [0.15, 0.2) is 0 Å². The summed E-state index contributed by atoms with van der Waals surface area (Å²) in [5.41, 5.74) is 0.733. The maximum atomic E-state index is 12.7. The van der Waals surface area contributed by atoms with Crippen molar-refractivity contribution >= 4 is 40.8 Å². The molecule has 0 aromatic rings. The number of esters is 1. The van der Waals surface area contributed by atoms with Gasteiger partial charge in [-0.2, -0.15) is 0 Å². The highest BCUT2D eigenvalue weighted by molar-refractivity contribution is 7.80. The lowest BCUT2D eigenvalue weighted by Crippen LogP contribution is -2.47. The van der Waals surface area contributed by atoms with Gasteiger partial charge in [0, 0.05) is 19.5 Å². The monoisotopic (exact) mass is 377 g/mol. The van der Waals surface area contributed by atoms with Crippen LogP contribution in [0.15, 0.2) is 28.8 Å². The van der Waals surface area contributed by atoms with Gasteiger partial charge < -0.3 is 10.1 Å². The van der Waals surface area contributed by atoms with Crippen LogP contribution in [0.2, 0.25) is 0 Å². The van der Waals surface area contributed by atoms with E-state index in [1.54, 1.807) is 12.2 Å². The largest absolute Gasteiger partial charge is 0.465 e. The van der Waals surface area contributed by atoms with E-state index in [0.29, 0.717) is 23.7 Å². The van der Waals surface area contributed by atoms with Crippen molar-refractivity contribution in [3.8, 4) is 0 Å². The Labute approximate surface area is 158 Å². The van der Waals surface area contributed by atoms with Gasteiger partial charge in [-0.05, 0) is 30.6 Å². The number of amides is 2. The fourth-order valence-corrected chi connectivity index (χ4v) is 2.88. The second-order valence-electron chi connectivity index (χ2n) is 6.52. The Morgan fingerprint density at radius 3 is 2.81 bits per heavy atom. The van der Waals surface area contributed by atoms with Gasteiger partial charge in [-0.15, -0.1) is 0 Å². The Balaban J connectivity index is 1.98. The van der Waals surface area contributed by atoms with Crippen molar-refractivity contribution in [2.45, 2.75) is 26.7 Å². The predicted octanol–water partition coefficient (Wildman–Crippen LogP) is 1.39. The van der Waals surface area contributed by atoms with Gasteiger partial charge in [-0.3, -0.25) is 14.5 Å². The van der Waals surface area contributed by atoms with Crippen LogP contribution in [0.3, 0.4) is 0 Å². The summed E-state index contributed by atoms with van der Waals surface area (Å²) in [6.07, 6.45) is 5.72. The fraction of sp³-hybridized carbons (Fsp3) is 0.500. The van der Waals surface area contributed by atoms with Crippen LogP contribution in [0, 0.1) is 11.8 Å². The number of hydrogen-bond acceptors (Lipinski definition) is 5. The minimum absolute atomic E-state index is 0.104. The van der Waals surface area contributed by atoms with Crippen LogP contribution >= 0.6 is 12.2 Å². The first kappa shape index (κ1) is 20.0. The van der Waals surface area contributed by atoms with E-state index in [4.69, 9.17) is 12.2 Å². The Kier molecular flexibility index (Phi) is 6.79. The standard InChI is InChI=1S/C18H23N3O4S/c1-11(2)6-8-19-15(22)7-9-21-16(23)13-5-4-12(17(24)25-3)10-14(13)20-18(21)26/h4-5,10-11,13H,6-9H2,1-3H3,(H,19,22). The van der Waals surface area contributed by atoms with Gasteiger partial charge in [-0.25, -0.2) is 9.79 Å². The second-order valence-corrected chi connectivity index (χ2v) is 6.88. The summed E-state index contributed by atoms with van der Waals surface area (Å²) in [6.45, 7) is 4.97. The van der Waals surface area contributed by atoms with E-state index < -0.39 is 11.9 Å². The first-order chi connectivity index (χ1) is 12.3. The molecule has 0 saturated carbocycles. The van der Waals surface area contributed by atoms with Crippen molar-refractivity contribution in [3.05, 3.63) is 23.8 Å². The topological polar surface area (TPSA) is 88.1 Å². The number of allylic oxidation sites excluding steroid dienone is 1. The molecule has 2 amide bonds. The van der Waals surface area contributed by atoms with Gasteiger partial charge in [-0.1, -0.05) is 26.0 Å². The maximum Gasteiger partial charge on any atom is 0.337 e. The minimum atomic E-state index is -0.598. The van der Waals surface area contributed by atoms with E-state index in [9.17, 15) is 14.4 Å². The van der Waals surface area contributed by atoms with Crippen LogP contribution < -0.4 is 5.32 Å². The van der Waals surface area contributed by atoms with Crippen LogP contribution in [0.1, 0.15) is 26.7 Å². The zero-order chi connectivity index (χ0) is 19.3. The summed E-state index contributed by atoms with van der Waals surface area (Å²) in [5, 5.41) is 2.94. The third kappa shape index (κ3) is 4.85. The van der Waals surface area contributed by atoms with E-state index in [1.807, 2.05) is 0 Å². The number of nitrogens with zero attached hydrogens (tertiary/aromatic N) is 2. The number of carbonyl (C=O) groups is 3. The first-order valence-electron chi connectivity index (χ1n) is 8.52. The van der Waals surface area contributed by atoms with Crippen LogP contribution in [0.25, 0.3) is 0 Å². The van der Waals surface area contributed by atoms with Crippen molar-refractivity contribution in [1.82, 2.24) is 10.2 Å². The van der Waals surface area contributed by atoms with E-state index in [-0.39, 0.29) is 29.9 Å². The molecule has 0 aromatic heterocycles. The molecule has 140 valence electrons. The van der Waals surface area contributed by atoms with Crippen molar-refractivity contribution in [2.75, 3.05) is 20.2 Å². The Hall–Kier alpha value is -2.35. The molecule has 0 radical (unpaired) electrons. The molecular weight excluding hydrogens is 354 g/mol. The highest BCUT2D eigenvalue weighted by atomic mass is 32.1. The van der Waals surface area contributed by atoms with Crippen molar-refractivity contribution in [1.29, 1.82) is 0 Å². The molecule has 1 aliphatic carbocycles. The normalized spacial score (nSPS) is 19.1. The molecule has 0 fully saturated rings.